The van der Waals surface area contributed by atoms with E-state index in [-0.39, 0.29) is 31.1 Å². The highest BCUT2D eigenvalue weighted by atomic mass is 16.6. The maximum Gasteiger partial charge on any atom is 0.306 e. The molecule has 6 heteroatoms. The van der Waals surface area contributed by atoms with E-state index in [1.807, 2.05) is 0 Å². The Kier molecular flexibility index (Phi) is 43.7. The van der Waals surface area contributed by atoms with E-state index in [9.17, 15) is 14.4 Å². The number of esters is 3. The summed E-state index contributed by atoms with van der Waals surface area (Å²) in [5.74, 6) is 0.863. The summed E-state index contributed by atoms with van der Waals surface area (Å²) in [6.45, 7) is 11.3. The minimum atomic E-state index is -0.759. The highest BCUT2D eigenvalue weighted by molar-refractivity contribution is 5.71. The van der Waals surface area contributed by atoms with E-state index in [1.165, 1.54) is 167 Å². The number of carbonyl (C=O) groups excluding carboxylic acids is 3. The van der Waals surface area contributed by atoms with Crippen LogP contribution in [0.5, 0.6) is 0 Å². The van der Waals surface area contributed by atoms with Crippen molar-refractivity contribution in [1.82, 2.24) is 0 Å². The molecule has 0 N–H and O–H groups in total. The van der Waals surface area contributed by atoms with Gasteiger partial charge in [-0.05, 0) is 31.1 Å². The average molecular weight is 821 g/mol. The molecule has 0 spiro atoms. The number of hydrogen-bond donors (Lipinski definition) is 0. The van der Waals surface area contributed by atoms with Crippen molar-refractivity contribution in [3.63, 3.8) is 0 Å². The fraction of sp³-hybridized carbons (Fsp3) is 0.942. The molecule has 0 aliphatic carbocycles. The first-order chi connectivity index (χ1) is 28.3. The topological polar surface area (TPSA) is 78.9 Å². The highest BCUT2D eigenvalue weighted by Gasteiger charge is 2.19. The Morgan fingerprint density at radius 1 is 0.362 bits per heavy atom. The van der Waals surface area contributed by atoms with Crippen molar-refractivity contribution in [3.8, 4) is 0 Å². The Bertz CT molecular complexity index is 887. The molecule has 1 unspecified atom stereocenters. The van der Waals surface area contributed by atoms with Crippen molar-refractivity contribution in [2.24, 2.45) is 11.8 Å². The third-order valence-electron chi connectivity index (χ3n) is 12.1. The minimum Gasteiger partial charge on any atom is -0.462 e. The molecule has 0 heterocycles. The molecule has 6 nitrogen and oxygen atoms in total. The van der Waals surface area contributed by atoms with Crippen LogP contribution in [0.1, 0.15) is 285 Å². The third kappa shape index (κ3) is 44.0. The molecule has 0 aromatic carbocycles. The number of rotatable bonds is 46. The molecule has 2 atom stereocenters. The Morgan fingerprint density at radius 2 is 0.655 bits per heavy atom. The van der Waals surface area contributed by atoms with Gasteiger partial charge in [0.1, 0.15) is 13.2 Å². The summed E-state index contributed by atoms with van der Waals surface area (Å²) in [5.41, 5.74) is 0. The van der Waals surface area contributed by atoms with Gasteiger partial charge < -0.3 is 14.2 Å². The number of ether oxygens (including phenoxy) is 3. The van der Waals surface area contributed by atoms with E-state index in [2.05, 4.69) is 34.6 Å². The van der Waals surface area contributed by atoms with Crippen LogP contribution in [0.25, 0.3) is 0 Å². The van der Waals surface area contributed by atoms with Crippen LogP contribution in [0.15, 0.2) is 0 Å². The molecule has 0 rings (SSSR count). The fourth-order valence-corrected chi connectivity index (χ4v) is 7.78. The third-order valence-corrected chi connectivity index (χ3v) is 12.1. The molecule has 0 bridgehead atoms. The van der Waals surface area contributed by atoms with Crippen LogP contribution in [0, 0.1) is 11.8 Å². The van der Waals surface area contributed by atoms with E-state index >= 15 is 0 Å². The summed E-state index contributed by atoms with van der Waals surface area (Å²) >= 11 is 0. The first-order valence-electron chi connectivity index (χ1n) is 25.8. The van der Waals surface area contributed by atoms with Crippen LogP contribution >= 0.6 is 0 Å². The van der Waals surface area contributed by atoms with Gasteiger partial charge in [-0.15, -0.1) is 0 Å². The highest BCUT2D eigenvalue weighted by Crippen LogP contribution is 2.18. The first kappa shape index (κ1) is 56.4. The van der Waals surface area contributed by atoms with Gasteiger partial charge in [0.15, 0.2) is 6.10 Å². The van der Waals surface area contributed by atoms with Gasteiger partial charge in [-0.2, -0.15) is 0 Å². The molecule has 0 fully saturated rings. The lowest BCUT2D eigenvalue weighted by Gasteiger charge is -2.18. The van der Waals surface area contributed by atoms with Gasteiger partial charge in [0.05, 0.1) is 0 Å². The van der Waals surface area contributed by atoms with Crippen molar-refractivity contribution in [2.75, 3.05) is 13.2 Å². The van der Waals surface area contributed by atoms with Crippen molar-refractivity contribution in [1.29, 1.82) is 0 Å². The van der Waals surface area contributed by atoms with Crippen molar-refractivity contribution in [3.05, 3.63) is 0 Å². The predicted molar refractivity (Wildman–Crippen MR) is 247 cm³/mol. The molecule has 0 amide bonds. The fourth-order valence-electron chi connectivity index (χ4n) is 7.78. The van der Waals surface area contributed by atoms with Crippen LogP contribution in [0.2, 0.25) is 0 Å². The van der Waals surface area contributed by atoms with Gasteiger partial charge in [0.25, 0.3) is 0 Å². The lowest BCUT2D eigenvalue weighted by Crippen LogP contribution is -2.30. The largest absolute Gasteiger partial charge is 0.462 e. The monoisotopic (exact) mass is 821 g/mol. The molecule has 0 aliphatic heterocycles. The average Bonchev–Trinajstić information content (AvgIpc) is 3.21. The lowest BCUT2D eigenvalue weighted by atomic mass is 9.99. The lowest BCUT2D eigenvalue weighted by molar-refractivity contribution is -0.167. The molecule has 0 radical (unpaired) electrons. The summed E-state index contributed by atoms with van der Waals surface area (Å²) in [7, 11) is 0. The van der Waals surface area contributed by atoms with Crippen LogP contribution in [-0.4, -0.2) is 37.2 Å². The number of carbonyl (C=O) groups is 3. The zero-order valence-corrected chi connectivity index (χ0v) is 39.7. The van der Waals surface area contributed by atoms with Crippen molar-refractivity contribution >= 4 is 17.9 Å². The first-order valence-corrected chi connectivity index (χ1v) is 25.8. The SMILES string of the molecule is CCCCCCCC(=O)OC[C@@H](COC(=O)CCCCCCCCCCCCCCCCCCCCC(C)C)OC(=O)CCCCCCCCCCCCC(C)CC. The summed E-state index contributed by atoms with van der Waals surface area (Å²) in [6, 6.07) is 0. The Balaban J connectivity index is 4.07. The molecule has 0 saturated heterocycles. The maximum atomic E-state index is 12.7. The molecule has 0 aromatic rings. The van der Waals surface area contributed by atoms with Crippen LogP contribution in [-0.2, 0) is 28.6 Å². The van der Waals surface area contributed by atoms with Gasteiger partial charge in [-0.1, -0.05) is 247 Å². The standard InChI is InChI=1S/C52H100O6/c1-6-8-9-30-37-42-50(53)56-45-49(58-52(55)44-39-34-29-25-21-20-23-27-32-36-41-48(5)7-2)46-57-51(54)43-38-33-28-24-19-17-15-13-11-10-12-14-16-18-22-26-31-35-40-47(3)4/h47-49H,6-46H2,1-5H3/t48?,49-/m0/s1. The van der Waals surface area contributed by atoms with Gasteiger partial charge in [-0.3, -0.25) is 14.4 Å². The molecule has 0 aliphatic rings. The normalized spacial score (nSPS) is 12.5. The van der Waals surface area contributed by atoms with E-state index in [0.717, 1.165) is 76.0 Å². The van der Waals surface area contributed by atoms with Crippen molar-refractivity contribution in [2.45, 2.75) is 291 Å². The predicted octanol–water partition coefficient (Wildman–Crippen LogP) is 16.5. The van der Waals surface area contributed by atoms with Crippen LogP contribution in [0.3, 0.4) is 0 Å². The number of unbranched alkanes of at least 4 members (excludes halogenated alkanes) is 30. The summed E-state index contributed by atoms with van der Waals surface area (Å²) < 4.78 is 16.7. The second kappa shape index (κ2) is 44.9. The Labute approximate surface area is 361 Å². The van der Waals surface area contributed by atoms with Gasteiger partial charge >= 0.3 is 17.9 Å². The molecule has 58 heavy (non-hydrogen) atoms. The smallest absolute Gasteiger partial charge is 0.306 e. The molecular formula is C52H100O6. The summed E-state index contributed by atoms with van der Waals surface area (Å²) in [5, 5.41) is 0. The summed E-state index contributed by atoms with van der Waals surface area (Å²) in [6.07, 6.45) is 45.5. The van der Waals surface area contributed by atoms with Gasteiger partial charge in [-0.25, -0.2) is 0 Å². The minimum absolute atomic E-state index is 0.0648. The molecule has 0 aromatic heterocycles. The maximum absolute atomic E-state index is 12.7. The Hall–Kier alpha value is -1.59. The molecular weight excluding hydrogens is 721 g/mol. The second-order valence-electron chi connectivity index (χ2n) is 18.5. The van der Waals surface area contributed by atoms with E-state index in [1.54, 1.807) is 0 Å². The Morgan fingerprint density at radius 3 is 0.983 bits per heavy atom. The number of hydrogen-bond acceptors (Lipinski definition) is 6. The molecule has 0 saturated carbocycles. The van der Waals surface area contributed by atoms with E-state index in [4.69, 9.17) is 14.2 Å². The van der Waals surface area contributed by atoms with Gasteiger partial charge in [0.2, 0.25) is 0 Å². The van der Waals surface area contributed by atoms with E-state index < -0.39 is 6.10 Å². The van der Waals surface area contributed by atoms with Crippen LogP contribution < -0.4 is 0 Å². The second-order valence-corrected chi connectivity index (χ2v) is 18.5. The van der Waals surface area contributed by atoms with Crippen molar-refractivity contribution < 1.29 is 28.6 Å². The zero-order chi connectivity index (χ0) is 42.6. The zero-order valence-electron chi connectivity index (χ0n) is 39.7. The van der Waals surface area contributed by atoms with Crippen LogP contribution in [0.4, 0.5) is 0 Å². The van der Waals surface area contributed by atoms with Gasteiger partial charge in [0, 0.05) is 19.3 Å². The summed E-state index contributed by atoms with van der Waals surface area (Å²) in [4.78, 5) is 37.6. The van der Waals surface area contributed by atoms with E-state index in [0.29, 0.717) is 19.3 Å². The molecule has 344 valence electrons. The quantitative estimate of drug-likeness (QED) is 0.0346.